The van der Waals surface area contributed by atoms with E-state index in [1.165, 1.54) is 12.1 Å². The molecule has 0 radical (unpaired) electrons. The van der Waals surface area contributed by atoms with Gasteiger partial charge in [-0.3, -0.25) is 9.69 Å². The molecule has 0 aliphatic carbocycles. The second-order valence-corrected chi connectivity index (χ2v) is 7.87. The zero-order valence-corrected chi connectivity index (χ0v) is 17.3. The lowest BCUT2D eigenvalue weighted by molar-refractivity contribution is 0.227. The van der Waals surface area contributed by atoms with Crippen molar-refractivity contribution in [1.29, 1.82) is 0 Å². The van der Waals surface area contributed by atoms with Gasteiger partial charge in [-0.05, 0) is 44.4 Å². The Morgan fingerprint density at radius 3 is 2.59 bits per heavy atom. The summed E-state index contributed by atoms with van der Waals surface area (Å²) in [5.41, 5.74) is 7.64. The van der Waals surface area contributed by atoms with Gasteiger partial charge in [0.1, 0.15) is 29.6 Å². The molecule has 2 aromatic carbocycles. The van der Waals surface area contributed by atoms with Crippen LogP contribution in [0.2, 0.25) is 0 Å². The molecule has 1 atom stereocenters. The van der Waals surface area contributed by atoms with Crippen molar-refractivity contribution in [2.75, 3.05) is 26.4 Å². The fraction of sp³-hybridized carbons (Fsp3) is 0.174. The molecule has 0 amide bonds. The number of aromatic amines is 1. The quantitative estimate of drug-likeness (QED) is 0.511. The van der Waals surface area contributed by atoms with Crippen LogP contribution in [-0.2, 0) is 0 Å². The Bertz CT molecular complexity index is 1430. The predicted molar refractivity (Wildman–Crippen MR) is 117 cm³/mol. The van der Waals surface area contributed by atoms with E-state index in [1.54, 1.807) is 18.2 Å². The maximum atomic E-state index is 14.8. The summed E-state index contributed by atoms with van der Waals surface area (Å²) in [7, 11) is 3.89. The lowest BCUT2D eigenvalue weighted by Crippen LogP contribution is -2.20. The van der Waals surface area contributed by atoms with Gasteiger partial charge in [0.2, 0.25) is 5.95 Å². The number of nitrogens with one attached hydrogen (secondary N) is 1. The van der Waals surface area contributed by atoms with Gasteiger partial charge in [0.25, 0.3) is 5.56 Å². The molecule has 3 heterocycles. The first kappa shape index (κ1) is 20.1. The van der Waals surface area contributed by atoms with Crippen LogP contribution in [0.5, 0.6) is 5.75 Å². The number of nitrogens with two attached hydrogens (primary N) is 1. The van der Waals surface area contributed by atoms with Crippen LogP contribution in [0.1, 0.15) is 11.6 Å². The zero-order valence-electron chi connectivity index (χ0n) is 17.3. The minimum Gasteiger partial charge on any atom is -0.491 e. The number of hydrogen-bond donors (Lipinski definition) is 2. The van der Waals surface area contributed by atoms with Crippen molar-refractivity contribution >= 4 is 16.6 Å². The van der Waals surface area contributed by atoms with Gasteiger partial charge in [0.15, 0.2) is 5.82 Å². The summed E-state index contributed by atoms with van der Waals surface area (Å²) >= 11 is 0. The van der Waals surface area contributed by atoms with E-state index in [0.29, 0.717) is 17.7 Å². The molecule has 2 aromatic heterocycles. The van der Waals surface area contributed by atoms with Crippen molar-refractivity contribution in [3.63, 3.8) is 0 Å². The van der Waals surface area contributed by atoms with Crippen molar-refractivity contribution in [2.24, 2.45) is 0 Å². The van der Waals surface area contributed by atoms with E-state index in [0.717, 1.165) is 17.5 Å². The molecule has 4 aromatic rings. The molecule has 1 aliphatic rings. The Labute approximate surface area is 181 Å². The largest absolute Gasteiger partial charge is 0.491 e. The highest BCUT2D eigenvalue weighted by Crippen LogP contribution is 2.38. The Balaban J connectivity index is 1.65. The molecule has 32 heavy (non-hydrogen) atoms. The molecule has 0 saturated carbocycles. The van der Waals surface area contributed by atoms with Gasteiger partial charge in [0, 0.05) is 33.7 Å². The molecule has 0 bridgehead atoms. The van der Waals surface area contributed by atoms with Crippen LogP contribution < -0.4 is 16.0 Å². The highest BCUT2D eigenvalue weighted by Gasteiger charge is 2.27. The number of fused-ring (bicyclic) bond motifs is 2. The zero-order chi connectivity index (χ0) is 22.6. The lowest BCUT2D eigenvalue weighted by atomic mass is 10.0. The number of aromatic nitrogens is 3. The van der Waals surface area contributed by atoms with Gasteiger partial charge in [-0.1, -0.05) is 6.07 Å². The molecule has 0 saturated heterocycles. The van der Waals surface area contributed by atoms with Gasteiger partial charge in [-0.15, -0.1) is 0 Å². The molecule has 1 unspecified atom stereocenters. The van der Waals surface area contributed by atoms with Gasteiger partial charge in [0.05, 0.1) is 6.04 Å². The number of ether oxygens (including phenoxy) is 1. The third-order valence-corrected chi connectivity index (χ3v) is 5.67. The number of rotatable bonds is 3. The molecular weight excluding hydrogens is 416 g/mol. The molecule has 0 fully saturated rings. The molecular formula is C23H19F2N5O2. The molecule has 0 spiro atoms. The van der Waals surface area contributed by atoms with Crippen LogP contribution in [0.4, 0.5) is 14.6 Å². The normalized spacial score (nSPS) is 15.2. The minimum atomic E-state index is -0.810. The van der Waals surface area contributed by atoms with Crippen molar-refractivity contribution < 1.29 is 13.5 Å². The summed E-state index contributed by atoms with van der Waals surface area (Å²) in [4.78, 5) is 24.6. The van der Waals surface area contributed by atoms with Crippen LogP contribution in [-0.4, -0.2) is 40.6 Å². The number of likely N-dealkylation sites (N-methyl/N-ethyl adjacent to an activating group) is 1. The smallest absolute Gasteiger partial charge is 0.256 e. The Morgan fingerprint density at radius 1 is 1.06 bits per heavy atom. The van der Waals surface area contributed by atoms with Crippen LogP contribution in [0.15, 0.2) is 47.4 Å². The summed E-state index contributed by atoms with van der Waals surface area (Å²) < 4.78 is 34.8. The van der Waals surface area contributed by atoms with E-state index in [2.05, 4.69) is 15.0 Å². The van der Waals surface area contributed by atoms with Crippen LogP contribution in [0, 0.1) is 11.8 Å². The fourth-order valence-electron chi connectivity index (χ4n) is 3.97. The SMILES string of the molecule is CN(C)C1COc2ccc(-c3nc(-c4ccc5c(=O)[nH]cc(F)c5c4)c(N)nc3F)cc21. The number of nitrogen functional groups attached to an aromatic ring is 1. The standard InChI is InChI=1S/C23H19F2N5O2/c1-30(2)17-10-32-18-6-4-11(8-15(17)18)19-21(25)29-22(26)20(28-19)12-3-5-13-14(7-12)16(24)9-27-23(13)31/h3-9,17H,10H2,1-2H3,(H2,26,29)(H,27,31). The summed E-state index contributed by atoms with van der Waals surface area (Å²) in [6, 6.07) is 9.88. The number of benzene rings is 2. The Hall–Kier alpha value is -3.85. The molecule has 162 valence electrons. The predicted octanol–water partition coefficient (Wildman–Crippen LogP) is 3.51. The van der Waals surface area contributed by atoms with E-state index in [4.69, 9.17) is 10.5 Å². The number of H-pyrrole nitrogens is 1. The number of pyridine rings is 1. The Morgan fingerprint density at radius 2 is 1.81 bits per heavy atom. The van der Waals surface area contributed by atoms with Crippen molar-refractivity contribution in [3.8, 4) is 28.3 Å². The Kier molecular flexibility index (Phi) is 4.63. The fourth-order valence-corrected chi connectivity index (χ4v) is 3.97. The number of anilines is 1. The van der Waals surface area contributed by atoms with Gasteiger partial charge in [-0.2, -0.15) is 9.37 Å². The summed E-state index contributed by atoms with van der Waals surface area (Å²) in [6.45, 7) is 0.509. The van der Waals surface area contributed by atoms with Crippen molar-refractivity contribution in [2.45, 2.75) is 6.04 Å². The molecule has 7 nitrogen and oxygen atoms in total. The third-order valence-electron chi connectivity index (χ3n) is 5.67. The van der Waals surface area contributed by atoms with Crippen LogP contribution in [0.3, 0.4) is 0 Å². The van der Waals surface area contributed by atoms with E-state index in [1.807, 2.05) is 25.1 Å². The highest BCUT2D eigenvalue weighted by atomic mass is 19.1. The number of halogens is 2. The van der Waals surface area contributed by atoms with E-state index in [-0.39, 0.29) is 34.0 Å². The maximum Gasteiger partial charge on any atom is 0.256 e. The van der Waals surface area contributed by atoms with Crippen molar-refractivity contribution in [3.05, 3.63) is 70.3 Å². The summed E-state index contributed by atoms with van der Waals surface area (Å²) in [5.74, 6) is -0.795. The molecule has 9 heteroatoms. The third kappa shape index (κ3) is 3.18. The average molecular weight is 435 g/mol. The van der Waals surface area contributed by atoms with Gasteiger partial charge in [-0.25, -0.2) is 9.37 Å². The first-order chi connectivity index (χ1) is 15.3. The van der Waals surface area contributed by atoms with Gasteiger partial charge >= 0.3 is 0 Å². The number of nitrogens with zero attached hydrogens (tertiary/aromatic N) is 3. The average Bonchev–Trinajstić information content (AvgIpc) is 3.20. The van der Waals surface area contributed by atoms with E-state index >= 15 is 0 Å². The summed E-state index contributed by atoms with van der Waals surface area (Å²) in [6.07, 6.45) is 0.993. The lowest BCUT2D eigenvalue weighted by Gasteiger charge is -2.18. The minimum absolute atomic E-state index is 0.0212. The summed E-state index contributed by atoms with van der Waals surface area (Å²) in [5, 5.41) is 0.304. The molecule has 5 rings (SSSR count). The van der Waals surface area contributed by atoms with E-state index in [9.17, 15) is 13.6 Å². The monoisotopic (exact) mass is 435 g/mol. The van der Waals surface area contributed by atoms with Crippen LogP contribution in [0.25, 0.3) is 33.3 Å². The van der Waals surface area contributed by atoms with Gasteiger partial charge < -0.3 is 15.5 Å². The highest BCUT2D eigenvalue weighted by molar-refractivity contribution is 5.88. The molecule has 3 N–H and O–H groups in total. The second-order valence-electron chi connectivity index (χ2n) is 7.87. The second kappa shape index (κ2) is 7.38. The maximum absolute atomic E-state index is 14.8. The van der Waals surface area contributed by atoms with Crippen LogP contribution >= 0.6 is 0 Å². The topological polar surface area (TPSA) is 97.1 Å². The first-order valence-corrected chi connectivity index (χ1v) is 9.91. The van der Waals surface area contributed by atoms with E-state index < -0.39 is 17.3 Å². The number of hydrogen-bond acceptors (Lipinski definition) is 6. The first-order valence-electron chi connectivity index (χ1n) is 9.91. The molecule has 1 aliphatic heterocycles. The van der Waals surface area contributed by atoms with Crippen molar-refractivity contribution in [1.82, 2.24) is 19.9 Å².